The molecule has 4 heterocycles. The van der Waals surface area contributed by atoms with Crippen molar-refractivity contribution < 1.29 is 4.79 Å². The maximum absolute atomic E-state index is 12.8. The van der Waals surface area contributed by atoms with Gasteiger partial charge in [-0.1, -0.05) is 13.8 Å². The van der Waals surface area contributed by atoms with Gasteiger partial charge in [0.2, 0.25) is 0 Å². The number of carbonyl (C=O) groups is 1. The number of rotatable bonds is 3. The Bertz CT molecular complexity index is 784. The maximum atomic E-state index is 12.8. The summed E-state index contributed by atoms with van der Waals surface area (Å²) in [6.07, 6.45) is 6.41. The van der Waals surface area contributed by atoms with E-state index in [1.807, 2.05) is 18.3 Å². The summed E-state index contributed by atoms with van der Waals surface area (Å²) in [5.74, 6) is 0.690. The Morgan fingerprint density at radius 1 is 1.31 bits per heavy atom. The average Bonchev–Trinajstić information content (AvgIpc) is 3.26. The summed E-state index contributed by atoms with van der Waals surface area (Å²) in [4.78, 5) is 25.5. The molecule has 1 fully saturated rings. The molecule has 1 saturated heterocycles. The minimum Gasteiger partial charge on any atom is -0.348 e. The molecule has 1 N–H and O–H groups in total. The SMILES string of the molecule is CC(C)CN1CCc2[nH]cnc2C12CCN(C(=O)c1ccnn1C)CC2. The van der Waals surface area contributed by atoms with Crippen molar-refractivity contribution in [2.45, 2.75) is 38.6 Å². The van der Waals surface area contributed by atoms with Crippen LogP contribution in [0.4, 0.5) is 0 Å². The van der Waals surface area contributed by atoms with E-state index in [-0.39, 0.29) is 11.4 Å². The largest absolute Gasteiger partial charge is 0.348 e. The third-order valence-corrected chi connectivity index (χ3v) is 5.90. The predicted molar refractivity (Wildman–Crippen MR) is 98.7 cm³/mol. The molecule has 2 aromatic rings. The Kier molecular flexibility index (Phi) is 4.34. The van der Waals surface area contributed by atoms with Crippen LogP contribution in [0, 0.1) is 5.92 Å². The molecule has 0 aliphatic carbocycles. The number of imidazole rings is 1. The zero-order valence-electron chi connectivity index (χ0n) is 15.9. The van der Waals surface area contributed by atoms with Crippen LogP contribution in [0.25, 0.3) is 0 Å². The number of nitrogens with zero attached hydrogens (tertiary/aromatic N) is 5. The van der Waals surface area contributed by atoms with E-state index in [0.29, 0.717) is 11.6 Å². The van der Waals surface area contributed by atoms with Gasteiger partial charge >= 0.3 is 0 Å². The second-order valence-corrected chi connectivity index (χ2v) is 7.98. The second-order valence-electron chi connectivity index (χ2n) is 7.98. The van der Waals surface area contributed by atoms with E-state index in [0.717, 1.165) is 45.4 Å². The summed E-state index contributed by atoms with van der Waals surface area (Å²) < 4.78 is 1.66. The summed E-state index contributed by atoms with van der Waals surface area (Å²) in [5, 5.41) is 4.13. The minimum atomic E-state index is -0.0406. The fourth-order valence-corrected chi connectivity index (χ4v) is 4.61. The van der Waals surface area contributed by atoms with Crippen molar-refractivity contribution in [3.63, 3.8) is 0 Å². The first kappa shape index (κ1) is 17.3. The van der Waals surface area contributed by atoms with Crippen molar-refractivity contribution in [3.05, 3.63) is 35.7 Å². The second kappa shape index (κ2) is 6.54. The number of fused-ring (bicyclic) bond motifs is 2. The summed E-state index contributed by atoms with van der Waals surface area (Å²) >= 11 is 0. The lowest BCUT2D eigenvalue weighted by Gasteiger charge is -2.51. The Labute approximate surface area is 154 Å². The first-order valence-electron chi connectivity index (χ1n) is 9.56. The molecule has 0 saturated carbocycles. The number of hydrogen-bond acceptors (Lipinski definition) is 4. The fourth-order valence-electron chi connectivity index (χ4n) is 4.61. The van der Waals surface area contributed by atoms with Crippen molar-refractivity contribution in [3.8, 4) is 0 Å². The molecule has 0 bridgehead atoms. The van der Waals surface area contributed by atoms with Crippen LogP contribution in [0.15, 0.2) is 18.6 Å². The third kappa shape index (κ3) is 2.74. The van der Waals surface area contributed by atoms with E-state index in [1.165, 1.54) is 11.4 Å². The molecular formula is C19H28N6O. The molecule has 140 valence electrons. The lowest BCUT2D eigenvalue weighted by atomic mass is 9.78. The first-order valence-corrected chi connectivity index (χ1v) is 9.56. The molecule has 2 aliphatic heterocycles. The van der Waals surface area contributed by atoms with Crippen LogP contribution in [-0.4, -0.2) is 61.6 Å². The predicted octanol–water partition coefficient (Wildman–Crippen LogP) is 1.79. The van der Waals surface area contributed by atoms with Crippen molar-refractivity contribution in [2.75, 3.05) is 26.2 Å². The van der Waals surface area contributed by atoms with Gasteiger partial charge in [-0.15, -0.1) is 0 Å². The number of aromatic amines is 1. The highest BCUT2D eigenvalue weighted by Crippen LogP contribution is 2.42. The lowest BCUT2D eigenvalue weighted by Crippen LogP contribution is -2.57. The maximum Gasteiger partial charge on any atom is 0.272 e. The highest BCUT2D eigenvalue weighted by Gasteiger charge is 2.47. The number of nitrogens with one attached hydrogen (secondary N) is 1. The molecule has 0 atom stereocenters. The average molecular weight is 356 g/mol. The van der Waals surface area contributed by atoms with Crippen LogP contribution in [0.2, 0.25) is 0 Å². The van der Waals surface area contributed by atoms with Crippen molar-refractivity contribution in [1.29, 1.82) is 0 Å². The smallest absolute Gasteiger partial charge is 0.272 e. The van der Waals surface area contributed by atoms with Crippen molar-refractivity contribution in [2.24, 2.45) is 13.0 Å². The van der Waals surface area contributed by atoms with Crippen LogP contribution >= 0.6 is 0 Å². The van der Waals surface area contributed by atoms with E-state index in [2.05, 4.69) is 28.8 Å². The fraction of sp³-hybridized carbons (Fsp3) is 0.632. The van der Waals surface area contributed by atoms with Gasteiger partial charge in [-0.25, -0.2) is 4.98 Å². The van der Waals surface area contributed by atoms with Crippen molar-refractivity contribution in [1.82, 2.24) is 29.5 Å². The molecule has 2 aliphatic rings. The number of amides is 1. The number of aromatic nitrogens is 4. The number of likely N-dealkylation sites (tertiary alicyclic amines) is 1. The third-order valence-electron chi connectivity index (χ3n) is 5.90. The molecule has 1 amide bonds. The zero-order valence-corrected chi connectivity index (χ0v) is 15.9. The van der Waals surface area contributed by atoms with Crippen LogP contribution < -0.4 is 0 Å². The molecule has 4 rings (SSSR count). The topological polar surface area (TPSA) is 70.1 Å². The monoisotopic (exact) mass is 356 g/mol. The van der Waals surface area contributed by atoms with Crippen LogP contribution in [0.3, 0.4) is 0 Å². The Morgan fingerprint density at radius 3 is 2.73 bits per heavy atom. The van der Waals surface area contributed by atoms with Gasteiger partial charge in [-0.2, -0.15) is 5.10 Å². The normalized spacial score (nSPS) is 19.9. The standard InChI is InChI=1S/C19H28N6O/c1-14(2)12-25-9-5-15-17(21-13-20-15)19(25)6-10-24(11-7-19)18(26)16-4-8-22-23(16)3/h4,8,13-14H,5-7,9-12H2,1-3H3,(H,20,21). The Morgan fingerprint density at radius 2 is 2.08 bits per heavy atom. The summed E-state index contributed by atoms with van der Waals surface area (Å²) in [7, 11) is 1.82. The molecule has 7 nitrogen and oxygen atoms in total. The molecule has 2 aromatic heterocycles. The molecule has 0 aromatic carbocycles. The number of carbonyl (C=O) groups excluding carboxylic acids is 1. The number of piperidine rings is 1. The lowest BCUT2D eigenvalue weighted by molar-refractivity contribution is 0.000331. The number of H-pyrrole nitrogens is 1. The molecular weight excluding hydrogens is 328 g/mol. The van der Waals surface area contributed by atoms with E-state index in [9.17, 15) is 4.79 Å². The summed E-state index contributed by atoms with van der Waals surface area (Å²) in [5.41, 5.74) is 3.10. The van der Waals surface area contributed by atoms with Gasteiger partial charge in [0.25, 0.3) is 5.91 Å². The molecule has 1 spiro atoms. The molecule has 26 heavy (non-hydrogen) atoms. The van der Waals surface area contributed by atoms with Gasteiger partial charge in [0.05, 0.1) is 17.6 Å². The van der Waals surface area contributed by atoms with E-state index in [1.54, 1.807) is 16.9 Å². The summed E-state index contributed by atoms with van der Waals surface area (Å²) in [6, 6.07) is 1.80. The van der Waals surface area contributed by atoms with Gasteiger partial charge in [0.15, 0.2) is 0 Å². The molecule has 0 unspecified atom stereocenters. The molecule has 0 radical (unpaired) electrons. The van der Waals surface area contributed by atoms with Gasteiger partial charge in [0, 0.05) is 51.5 Å². The van der Waals surface area contributed by atoms with Crippen molar-refractivity contribution >= 4 is 5.91 Å². The van der Waals surface area contributed by atoms with Gasteiger partial charge in [0.1, 0.15) is 5.69 Å². The van der Waals surface area contributed by atoms with Crippen LogP contribution in [0.1, 0.15) is 48.6 Å². The number of hydrogen-bond donors (Lipinski definition) is 1. The quantitative estimate of drug-likeness (QED) is 0.910. The molecule has 7 heteroatoms. The van der Waals surface area contributed by atoms with Gasteiger partial charge < -0.3 is 9.88 Å². The zero-order chi connectivity index (χ0) is 18.3. The van der Waals surface area contributed by atoms with E-state index >= 15 is 0 Å². The van der Waals surface area contributed by atoms with Gasteiger partial charge in [-0.3, -0.25) is 14.4 Å². The van der Waals surface area contributed by atoms with Gasteiger partial charge in [-0.05, 0) is 24.8 Å². The van der Waals surface area contributed by atoms with E-state index in [4.69, 9.17) is 4.98 Å². The Balaban J connectivity index is 1.57. The van der Waals surface area contributed by atoms with Crippen LogP contribution in [0.5, 0.6) is 0 Å². The Hall–Kier alpha value is -2.15. The van der Waals surface area contributed by atoms with Crippen LogP contribution in [-0.2, 0) is 19.0 Å². The first-order chi connectivity index (χ1) is 12.5. The van der Waals surface area contributed by atoms with E-state index < -0.39 is 0 Å². The highest BCUT2D eigenvalue weighted by molar-refractivity contribution is 5.92. The summed E-state index contributed by atoms with van der Waals surface area (Å²) in [6.45, 7) is 8.19. The highest BCUT2D eigenvalue weighted by atomic mass is 16.2. The minimum absolute atomic E-state index is 0.0406. The number of aryl methyl sites for hydroxylation is 1.